The fourth-order valence-corrected chi connectivity index (χ4v) is 2.92. The molecule has 0 saturated heterocycles. The van der Waals surface area contributed by atoms with Gasteiger partial charge in [0.25, 0.3) is 0 Å². The van der Waals surface area contributed by atoms with Crippen LogP contribution in [0.5, 0.6) is 0 Å². The summed E-state index contributed by atoms with van der Waals surface area (Å²) in [6.45, 7) is 4.41. The van der Waals surface area contributed by atoms with Crippen molar-refractivity contribution in [3.05, 3.63) is 34.3 Å². The molecule has 2 rings (SSSR count). The van der Waals surface area contributed by atoms with Crippen molar-refractivity contribution in [2.75, 3.05) is 0 Å². The van der Waals surface area contributed by atoms with E-state index < -0.39 is 5.97 Å². The third kappa shape index (κ3) is 2.47. The molecule has 1 aliphatic rings. The summed E-state index contributed by atoms with van der Waals surface area (Å²) >= 11 is 6.02. The van der Waals surface area contributed by atoms with Gasteiger partial charge in [-0.3, -0.25) is 4.79 Å². The van der Waals surface area contributed by atoms with E-state index in [1.807, 2.05) is 18.2 Å². The molecule has 0 amide bonds. The number of fused-ring (bicyclic) bond motifs is 1. The second-order valence-corrected chi connectivity index (χ2v) is 5.89. The number of aliphatic carboxylic acids is 1. The summed E-state index contributed by atoms with van der Waals surface area (Å²) in [5.74, 6) is -0.630. The molecule has 0 aromatic heterocycles. The van der Waals surface area contributed by atoms with Crippen LogP contribution in [-0.4, -0.2) is 11.1 Å². The topological polar surface area (TPSA) is 37.3 Å². The van der Waals surface area contributed by atoms with E-state index in [4.69, 9.17) is 16.7 Å². The van der Waals surface area contributed by atoms with Crippen molar-refractivity contribution in [3.8, 4) is 0 Å². The van der Waals surface area contributed by atoms with Crippen LogP contribution in [0, 0.1) is 0 Å². The van der Waals surface area contributed by atoms with E-state index in [1.54, 1.807) is 0 Å². The molecule has 0 radical (unpaired) electrons. The molecule has 0 bridgehead atoms. The van der Waals surface area contributed by atoms with Gasteiger partial charge >= 0.3 is 5.97 Å². The van der Waals surface area contributed by atoms with Crippen LogP contribution in [0.4, 0.5) is 0 Å². The van der Waals surface area contributed by atoms with Crippen molar-refractivity contribution < 1.29 is 9.90 Å². The molecule has 0 heterocycles. The maximum Gasteiger partial charge on any atom is 0.303 e. The predicted octanol–water partition coefficient (Wildman–Crippen LogP) is 3.97. The Hall–Kier alpha value is -1.02. The number of rotatable bonds is 2. The highest BCUT2D eigenvalue weighted by atomic mass is 35.5. The summed E-state index contributed by atoms with van der Waals surface area (Å²) in [5.41, 5.74) is 2.49. The predicted molar refractivity (Wildman–Crippen MR) is 68.7 cm³/mol. The van der Waals surface area contributed by atoms with E-state index in [0.29, 0.717) is 5.02 Å². The van der Waals surface area contributed by atoms with Crippen molar-refractivity contribution in [1.29, 1.82) is 0 Å². The molecule has 2 nitrogen and oxygen atoms in total. The van der Waals surface area contributed by atoms with Crippen LogP contribution < -0.4 is 0 Å². The molecule has 3 heteroatoms. The molecule has 1 N–H and O–H groups in total. The zero-order valence-corrected chi connectivity index (χ0v) is 10.9. The van der Waals surface area contributed by atoms with Gasteiger partial charge in [-0.05, 0) is 47.4 Å². The van der Waals surface area contributed by atoms with Gasteiger partial charge in [-0.25, -0.2) is 0 Å². The van der Waals surface area contributed by atoms with Crippen LogP contribution in [0.15, 0.2) is 18.2 Å². The first-order chi connectivity index (χ1) is 7.90. The molecular formula is C14H17ClO2. The lowest BCUT2D eigenvalue weighted by Gasteiger charge is -2.36. The maximum absolute atomic E-state index is 10.9. The lowest BCUT2D eigenvalue weighted by Crippen LogP contribution is -2.27. The van der Waals surface area contributed by atoms with Gasteiger partial charge in [0, 0.05) is 5.02 Å². The average molecular weight is 253 g/mol. The molecule has 0 aliphatic heterocycles. The lowest BCUT2D eigenvalue weighted by molar-refractivity contribution is -0.137. The first-order valence-corrected chi connectivity index (χ1v) is 6.29. The minimum atomic E-state index is -0.736. The Kier molecular flexibility index (Phi) is 3.17. The zero-order chi connectivity index (χ0) is 12.6. The molecular weight excluding hydrogens is 236 g/mol. The first kappa shape index (κ1) is 12.4. The van der Waals surface area contributed by atoms with Crippen LogP contribution in [0.2, 0.25) is 5.02 Å². The Morgan fingerprint density at radius 2 is 2.24 bits per heavy atom. The molecule has 1 aliphatic carbocycles. The molecule has 1 aromatic carbocycles. The van der Waals surface area contributed by atoms with E-state index in [2.05, 4.69) is 13.8 Å². The SMILES string of the molecule is CC1(C)CCC(CC(=O)O)c2cc(Cl)ccc21. The van der Waals surface area contributed by atoms with Gasteiger partial charge < -0.3 is 5.11 Å². The summed E-state index contributed by atoms with van der Waals surface area (Å²) in [6.07, 6.45) is 2.15. The Bertz CT molecular complexity index is 452. The summed E-state index contributed by atoms with van der Waals surface area (Å²) in [4.78, 5) is 10.9. The Morgan fingerprint density at radius 3 is 2.88 bits per heavy atom. The van der Waals surface area contributed by atoms with Crippen LogP contribution >= 0.6 is 11.6 Å². The summed E-state index contributed by atoms with van der Waals surface area (Å²) in [7, 11) is 0. The van der Waals surface area contributed by atoms with Gasteiger partial charge in [0.2, 0.25) is 0 Å². The number of hydrogen-bond acceptors (Lipinski definition) is 1. The second-order valence-electron chi connectivity index (χ2n) is 5.45. The number of carbonyl (C=O) groups is 1. The highest BCUT2D eigenvalue weighted by Gasteiger charge is 2.33. The smallest absolute Gasteiger partial charge is 0.303 e. The molecule has 1 aromatic rings. The molecule has 0 spiro atoms. The monoisotopic (exact) mass is 252 g/mol. The standard InChI is InChI=1S/C14H17ClO2/c1-14(2)6-5-9(7-13(16)17)11-8-10(15)3-4-12(11)14/h3-4,8-9H,5-7H2,1-2H3,(H,16,17). The molecule has 0 saturated carbocycles. The van der Waals surface area contributed by atoms with Crippen LogP contribution in [0.3, 0.4) is 0 Å². The van der Waals surface area contributed by atoms with Crippen molar-refractivity contribution in [3.63, 3.8) is 0 Å². The minimum Gasteiger partial charge on any atom is -0.481 e. The normalized spacial score (nSPS) is 21.9. The Balaban J connectivity index is 2.45. The maximum atomic E-state index is 10.9. The molecule has 17 heavy (non-hydrogen) atoms. The van der Waals surface area contributed by atoms with E-state index in [1.165, 1.54) is 5.56 Å². The van der Waals surface area contributed by atoms with Gasteiger partial charge in [-0.1, -0.05) is 31.5 Å². The minimum absolute atomic E-state index is 0.106. The number of hydrogen-bond donors (Lipinski definition) is 1. The Labute approximate surface area is 107 Å². The lowest BCUT2D eigenvalue weighted by atomic mass is 9.68. The van der Waals surface area contributed by atoms with Gasteiger partial charge in [-0.15, -0.1) is 0 Å². The first-order valence-electron chi connectivity index (χ1n) is 5.92. The van der Waals surface area contributed by atoms with Gasteiger partial charge in [0.05, 0.1) is 6.42 Å². The summed E-state index contributed by atoms with van der Waals surface area (Å²) < 4.78 is 0. The van der Waals surface area contributed by atoms with E-state index in [-0.39, 0.29) is 17.8 Å². The van der Waals surface area contributed by atoms with Crippen molar-refractivity contribution >= 4 is 17.6 Å². The van der Waals surface area contributed by atoms with Crippen LogP contribution in [-0.2, 0) is 10.2 Å². The van der Waals surface area contributed by atoms with Gasteiger partial charge in [-0.2, -0.15) is 0 Å². The quantitative estimate of drug-likeness (QED) is 0.865. The average Bonchev–Trinajstić information content (AvgIpc) is 2.22. The zero-order valence-electron chi connectivity index (χ0n) is 10.2. The summed E-state index contributed by atoms with van der Waals surface area (Å²) in [6, 6.07) is 5.88. The Morgan fingerprint density at radius 1 is 1.53 bits per heavy atom. The molecule has 0 fully saturated rings. The second kappa shape index (κ2) is 4.34. The summed E-state index contributed by atoms with van der Waals surface area (Å²) in [5, 5.41) is 9.65. The number of carboxylic acids is 1. The fraction of sp³-hybridized carbons (Fsp3) is 0.500. The third-order valence-corrected chi connectivity index (χ3v) is 3.96. The number of benzene rings is 1. The van der Waals surface area contributed by atoms with E-state index in [9.17, 15) is 4.79 Å². The van der Waals surface area contributed by atoms with E-state index >= 15 is 0 Å². The number of carboxylic acid groups (broad SMARTS) is 1. The number of halogens is 1. The van der Waals surface area contributed by atoms with Crippen LogP contribution in [0.1, 0.15) is 50.2 Å². The third-order valence-electron chi connectivity index (χ3n) is 3.72. The highest BCUT2D eigenvalue weighted by molar-refractivity contribution is 6.30. The molecule has 1 unspecified atom stereocenters. The molecule has 1 atom stereocenters. The highest BCUT2D eigenvalue weighted by Crippen LogP contribution is 2.44. The largest absolute Gasteiger partial charge is 0.481 e. The van der Waals surface area contributed by atoms with Crippen LogP contribution in [0.25, 0.3) is 0 Å². The molecule has 92 valence electrons. The van der Waals surface area contributed by atoms with Crippen molar-refractivity contribution in [1.82, 2.24) is 0 Å². The van der Waals surface area contributed by atoms with Crippen molar-refractivity contribution in [2.24, 2.45) is 0 Å². The van der Waals surface area contributed by atoms with Gasteiger partial charge in [0.15, 0.2) is 0 Å². The van der Waals surface area contributed by atoms with Crippen molar-refractivity contribution in [2.45, 2.75) is 44.4 Å². The fourth-order valence-electron chi connectivity index (χ4n) is 2.74. The van der Waals surface area contributed by atoms with E-state index in [0.717, 1.165) is 18.4 Å². The van der Waals surface area contributed by atoms with Gasteiger partial charge in [0.1, 0.15) is 0 Å².